The second kappa shape index (κ2) is 4.45. The third-order valence-corrected chi connectivity index (χ3v) is 4.28. The molecule has 0 radical (unpaired) electrons. The van der Waals surface area contributed by atoms with Gasteiger partial charge in [0.15, 0.2) is 0 Å². The Hall–Kier alpha value is -0.0400. The summed E-state index contributed by atoms with van der Waals surface area (Å²) in [5, 5.41) is 9.72. The molecule has 0 aromatic carbocycles. The predicted molar refractivity (Wildman–Crippen MR) is 56.5 cm³/mol. The van der Waals surface area contributed by atoms with Crippen LogP contribution < -0.4 is 0 Å². The number of hydrogen-bond donors (Lipinski definition) is 1. The maximum absolute atomic E-state index is 9.72. The van der Waals surface area contributed by atoms with Gasteiger partial charge in [-0.3, -0.25) is 0 Å². The van der Waals surface area contributed by atoms with E-state index in [1.54, 1.807) is 0 Å². The summed E-state index contributed by atoms with van der Waals surface area (Å²) in [5.41, 5.74) is 0. The van der Waals surface area contributed by atoms with Gasteiger partial charge in [-0.25, -0.2) is 0 Å². The molecule has 0 aromatic rings. The van der Waals surface area contributed by atoms with Crippen LogP contribution in [0.2, 0.25) is 0 Å². The first-order valence-corrected chi connectivity index (χ1v) is 5.76. The van der Waals surface area contributed by atoms with Crippen LogP contribution in [0.1, 0.15) is 47.0 Å². The smallest absolute Gasteiger partial charge is 0.0568 e. The van der Waals surface area contributed by atoms with E-state index in [9.17, 15) is 5.11 Å². The molecule has 1 aliphatic carbocycles. The SMILES string of the molecule is CCC(C)C1CCC(O)C(C)C1C. The average Bonchev–Trinajstić information content (AvgIpc) is 2.13. The van der Waals surface area contributed by atoms with E-state index in [-0.39, 0.29) is 6.10 Å². The summed E-state index contributed by atoms with van der Waals surface area (Å²) in [6.45, 7) is 9.13. The fraction of sp³-hybridized carbons (Fsp3) is 1.00. The highest BCUT2D eigenvalue weighted by atomic mass is 16.3. The van der Waals surface area contributed by atoms with Gasteiger partial charge in [0.1, 0.15) is 0 Å². The summed E-state index contributed by atoms with van der Waals surface area (Å²) in [4.78, 5) is 0. The van der Waals surface area contributed by atoms with Gasteiger partial charge in [0.2, 0.25) is 0 Å². The van der Waals surface area contributed by atoms with Crippen molar-refractivity contribution in [2.24, 2.45) is 23.7 Å². The highest BCUT2D eigenvalue weighted by Gasteiger charge is 2.34. The van der Waals surface area contributed by atoms with Crippen molar-refractivity contribution in [3.05, 3.63) is 0 Å². The van der Waals surface area contributed by atoms with Crippen molar-refractivity contribution in [1.29, 1.82) is 0 Å². The standard InChI is InChI=1S/C12H24O/c1-5-8(2)11-6-7-12(13)10(4)9(11)3/h8-13H,5-7H2,1-4H3. The third kappa shape index (κ3) is 2.25. The van der Waals surface area contributed by atoms with Crippen LogP contribution in [0.25, 0.3) is 0 Å². The van der Waals surface area contributed by atoms with E-state index in [2.05, 4.69) is 27.7 Å². The molecule has 1 aliphatic rings. The van der Waals surface area contributed by atoms with E-state index in [4.69, 9.17) is 0 Å². The maximum Gasteiger partial charge on any atom is 0.0568 e. The molecular formula is C12H24O. The Labute approximate surface area is 82.5 Å². The van der Waals surface area contributed by atoms with E-state index in [0.717, 1.165) is 18.3 Å². The molecule has 1 rings (SSSR count). The van der Waals surface area contributed by atoms with Crippen molar-refractivity contribution in [3.8, 4) is 0 Å². The molecule has 1 heteroatoms. The maximum atomic E-state index is 9.72. The average molecular weight is 184 g/mol. The minimum absolute atomic E-state index is 0.0460. The molecule has 0 bridgehead atoms. The first kappa shape index (κ1) is 11.0. The number of aliphatic hydroxyl groups is 1. The first-order chi connectivity index (χ1) is 6.07. The number of aliphatic hydroxyl groups excluding tert-OH is 1. The lowest BCUT2D eigenvalue weighted by Crippen LogP contribution is -2.37. The van der Waals surface area contributed by atoms with E-state index >= 15 is 0 Å². The summed E-state index contributed by atoms with van der Waals surface area (Å²) in [6.07, 6.45) is 3.47. The second-order valence-corrected chi connectivity index (χ2v) is 4.91. The molecule has 0 aromatic heterocycles. The van der Waals surface area contributed by atoms with Gasteiger partial charge in [-0.05, 0) is 36.5 Å². The zero-order valence-corrected chi connectivity index (χ0v) is 9.46. The Balaban J connectivity index is 2.58. The monoisotopic (exact) mass is 184 g/mol. The van der Waals surface area contributed by atoms with Crippen LogP contribution >= 0.6 is 0 Å². The molecule has 1 N–H and O–H groups in total. The molecule has 0 spiro atoms. The van der Waals surface area contributed by atoms with Crippen molar-refractivity contribution in [1.82, 2.24) is 0 Å². The quantitative estimate of drug-likeness (QED) is 0.699. The van der Waals surface area contributed by atoms with Crippen molar-refractivity contribution >= 4 is 0 Å². The van der Waals surface area contributed by atoms with Gasteiger partial charge in [-0.1, -0.05) is 34.1 Å². The Kier molecular flexibility index (Phi) is 3.78. The summed E-state index contributed by atoms with van der Waals surface area (Å²) < 4.78 is 0. The van der Waals surface area contributed by atoms with Gasteiger partial charge in [-0.2, -0.15) is 0 Å². The minimum Gasteiger partial charge on any atom is -0.393 e. The van der Waals surface area contributed by atoms with Gasteiger partial charge in [-0.15, -0.1) is 0 Å². The zero-order valence-electron chi connectivity index (χ0n) is 9.46. The van der Waals surface area contributed by atoms with Crippen molar-refractivity contribution < 1.29 is 5.11 Å². The number of hydrogen-bond acceptors (Lipinski definition) is 1. The molecule has 13 heavy (non-hydrogen) atoms. The molecule has 78 valence electrons. The summed E-state index contributed by atoms with van der Waals surface area (Å²) in [6, 6.07) is 0. The summed E-state index contributed by atoms with van der Waals surface area (Å²) in [7, 11) is 0. The van der Waals surface area contributed by atoms with E-state index in [1.807, 2.05) is 0 Å². The van der Waals surface area contributed by atoms with Crippen molar-refractivity contribution in [2.45, 2.75) is 53.1 Å². The van der Waals surface area contributed by atoms with Gasteiger partial charge < -0.3 is 5.11 Å². The van der Waals surface area contributed by atoms with Crippen LogP contribution in [0.15, 0.2) is 0 Å². The van der Waals surface area contributed by atoms with Crippen LogP contribution in [-0.4, -0.2) is 11.2 Å². The van der Waals surface area contributed by atoms with Gasteiger partial charge in [0, 0.05) is 0 Å². The van der Waals surface area contributed by atoms with Gasteiger partial charge in [0.05, 0.1) is 6.10 Å². The lowest BCUT2D eigenvalue weighted by molar-refractivity contribution is 0.00208. The Morgan fingerprint density at radius 1 is 1.23 bits per heavy atom. The van der Waals surface area contributed by atoms with E-state index < -0.39 is 0 Å². The summed E-state index contributed by atoms with van der Waals surface area (Å²) in [5.74, 6) is 2.85. The minimum atomic E-state index is -0.0460. The largest absolute Gasteiger partial charge is 0.393 e. The van der Waals surface area contributed by atoms with Gasteiger partial charge >= 0.3 is 0 Å². The van der Waals surface area contributed by atoms with Crippen LogP contribution in [-0.2, 0) is 0 Å². The Bertz CT molecular complexity index is 155. The van der Waals surface area contributed by atoms with Gasteiger partial charge in [0.25, 0.3) is 0 Å². The lowest BCUT2D eigenvalue weighted by Gasteiger charge is -2.40. The molecule has 1 nitrogen and oxygen atoms in total. The molecule has 5 atom stereocenters. The Morgan fingerprint density at radius 3 is 2.38 bits per heavy atom. The lowest BCUT2D eigenvalue weighted by atomic mass is 9.67. The normalized spacial score (nSPS) is 43.2. The zero-order chi connectivity index (χ0) is 10.0. The van der Waals surface area contributed by atoms with E-state index in [1.165, 1.54) is 12.8 Å². The molecular weight excluding hydrogens is 160 g/mol. The molecule has 5 unspecified atom stereocenters. The van der Waals surface area contributed by atoms with E-state index in [0.29, 0.717) is 11.8 Å². The molecule has 0 heterocycles. The van der Waals surface area contributed by atoms with Crippen molar-refractivity contribution in [3.63, 3.8) is 0 Å². The molecule has 0 aliphatic heterocycles. The van der Waals surface area contributed by atoms with Crippen molar-refractivity contribution in [2.75, 3.05) is 0 Å². The fourth-order valence-corrected chi connectivity index (χ4v) is 2.73. The molecule has 0 amide bonds. The number of rotatable bonds is 2. The van der Waals surface area contributed by atoms with Crippen LogP contribution in [0, 0.1) is 23.7 Å². The van der Waals surface area contributed by atoms with Crippen LogP contribution in [0.4, 0.5) is 0 Å². The third-order valence-electron chi connectivity index (χ3n) is 4.28. The predicted octanol–water partition coefficient (Wildman–Crippen LogP) is 3.08. The topological polar surface area (TPSA) is 20.2 Å². The molecule has 1 fully saturated rings. The second-order valence-electron chi connectivity index (χ2n) is 4.91. The molecule has 0 saturated heterocycles. The Morgan fingerprint density at radius 2 is 1.85 bits per heavy atom. The highest BCUT2D eigenvalue weighted by molar-refractivity contribution is 4.84. The molecule has 1 saturated carbocycles. The fourth-order valence-electron chi connectivity index (χ4n) is 2.73. The van der Waals surface area contributed by atoms with Crippen LogP contribution in [0.5, 0.6) is 0 Å². The first-order valence-electron chi connectivity index (χ1n) is 5.76. The highest BCUT2D eigenvalue weighted by Crippen LogP contribution is 2.39. The van der Waals surface area contributed by atoms with Crippen LogP contribution in [0.3, 0.4) is 0 Å². The summed E-state index contributed by atoms with van der Waals surface area (Å²) >= 11 is 0.